The van der Waals surface area contributed by atoms with E-state index in [1.54, 1.807) is 32.4 Å². The molecule has 1 saturated heterocycles. The Morgan fingerprint density at radius 1 is 1.26 bits per heavy atom. The molecular weight excluding hydrogens is 320 g/mol. The zero-order valence-corrected chi connectivity index (χ0v) is 14.6. The standard InChI is InChI=1S/C16H24N2O4.ClH/c1-4-22-13-6-5-12(11-14(13)20-2)18-15(19)16(21-3)7-9-17-10-8-16;/h5-6,11,17H,4,7-10H2,1-3H3,(H,18,19);1H. The van der Waals surface area contributed by atoms with Crippen LogP contribution in [0, 0.1) is 0 Å². The average molecular weight is 345 g/mol. The molecule has 1 aromatic carbocycles. The van der Waals surface area contributed by atoms with Crippen molar-refractivity contribution >= 4 is 24.0 Å². The van der Waals surface area contributed by atoms with E-state index in [1.165, 1.54) is 0 Å². The molecule has 1 amide bonds. The van der Waals surface area contributed by atoms with E-state index < -0.39 is 5.60 Å². The molecule has 0 spiro atoms. The molecule has 2 N–H and O–H groups in total. The first-order chi connectivity index (χ1) is 10.6. The molecule has 1 aliphatic heterocycles. The van der Waals surface area contributed by atoms with Crippen LogP contribution < -0.4 is 20.1 Å². The van der Waals surface area contributed by atoms with Crippen LogP contribution in [0.5, 0.6) is 11.5 Å². The molecule has 0 aromatic heterocycles. The van der Waals surface area contributed by atoms with Gasteiger partial charge in [-0.3, -0.25) is 4.79 Å². The molecule has 0 atom stereocenters. The number of anilines is 1. The fourth-order valence-corrected chi connectivity index (χ4v) is 2.62. The van der Waals surface area contributed by atoms with Gasteiger partial charge >= 0.3 is 0 Å². The van der Waals surface area contributed by atoms with Crippen molar-refractivity contribution in [3.63, 3.8) is 0 Å². The predicted molar refractivity (Wildman–Crippen MR) is 91.9 cm³/mol. The summed E-state index contributed by atoms with van der Waals surface area (Å²) in [7, 11) is 3.16. The molecule has 2 rings (SSSR count). The summed E-state index contributed by atoms with van der Waals surface area (Å²) in [6, 6.07) is 5.35. The third-order valence-corrected chi connectivity index (χ3v) is 3.94. The molecule has 0 aliphatic carbocycles. The largest absolute Gasteiger partial charge is 0.493 e. The first-order valence-electron chi connectivity index (χ1n) is 7.53. The van der Waals surface area contributed by atoms with Crippen LogP contribution in [0.25, 0.3) is 0 Å². The maximum absolute atomic E-state index is 12.6. The third-order valence-electron chi connectivity index (χ3n) is 3.94. The van der Waals surface area contributed by atoms with Crippen LogP contribution in [0.1, 0.15) is 19.8 Å². The molecule has 7 heteroatoms. The van der Waals surface area contributed by atoms with Crippen molar-refractivity contribution < 1.29 is 19.0 Å². The van der Waals surface area contributed by atoms with Crippen LogP contribution in [0.2, 0.25) is 0 Å². The molecule has 23 heavy (non-hydrogen) atoms. The fraction of sp³-hybridized carbons (Fsp3) is 0.562. The minimum Gasteiger partial charge on any atom is -0.493 e. The summed E-state index contributed by atoms with van der Waals surface area (Å²) in [5.74, 6) is 1.13. The summed E-state index contributed by atoms with van der Waals surface area (Å²) in [6.07, 6.45) is 1.31. The van der Waals surface area contributed by atoms with E-state index >= 15 is 0 Å². The number of rotatable bonds is 6. The van der Waals surface area contributed by atoms with Crippen LogP contribution in [0.4, 0.5) is 5.69 Å². The zero-order valence-electron chi connectivity index (χ0n) is 13.8. The summed E-state index contributed by atoms with van der Waals surface area (Å²) in [4.78, 5) is 12.6. The number of amides is 1. The smallest absolute Gasteiger partial charge is 0.256 e. The van der Waals surface area contributed by atoms with Gasteiger partial charge in [-0.25, -0.2) is 0 Å². The molecule has 0 saturated carbocycles. The van der Waals surface area contributed by atoms with E-state index in [0.29, 0.717) is 36.6 Å². The Hall–Kier alpha value is -1.50. The van der Waals surface area contributed by atoms with Crippen molar-refractivity contribution in [2.75, 3.05) is 39.2 Å². The lowest BCUT2D eigenvalue weighted by Gasteiger charge is -2.34. The lowest BCUT2D eigenvalue weighted by Crippen LogP contribution is -2.51. The molecular formula is C16H25ClN2O4. The van der Waals surface area contributed by atoms with E-state index in [1.807, 2.05) is 6.92 Å². The molecule has 0 unspecified atom stereocenters. The van der Waals surface area contributed by atoms with Crippen molar-refractivity contribution in [2.24, 2.45) is 0 Å². The van der Waals surface area contributed by atoms with Gasteiger partial charge < -0.3 is 24.8 Å². The van der Waals surface area contributed by atoms with Crippen molar-refractivity contribution in [2.45, 2.75) is 25.4 Å². The quantitative estimate of drug-likeness (QED) is 0.828. The van der Waals surface area contributed by atoms with Crippen LogP contribution in [0.3, 0.4) is 0 Å². The van der Waals surface area contributed by atoms with Crippen molar-refractivity contribution in [3.05, 3.63) is 18.2 Å². The highest BCUT2D eigenvalue weighted by Gasteiger charge is 2.39. The number of methoxy groups -OCH3 is 2. The highest BCUT2D eigenvalue weighted by molar-refractivity contribution is 5.97. The SMILES string of the molecule is CCOc1ccc(NC(=O)C2(OC)CCNCC2)cc1OC.Cl. The molecule has 6 nitrogen and oxygen atoms in total. The van der Waals surface area contributed by atoms with E-state index in [4.69, 9.17) is 14.2 Å². The minimum atomic E-state index is -0.767. The highest BCUT2D eigenvalue weighted by Crippen LogP contribution is 2.31. The van der Waals surface area contributed by atoms with Gasteiger partial charge in [-0.15, -0.1) is 12.4 Å². The first-order valence-corrected chi connectivity index (χ1v) is 7.53. The number of ether oxygens (including phenoxy) is 3. The second-order valence-corrected chi connectivity index (χ2v) is 5.20. The Kier molecular flexibility index (Phi) is 7.61. The van der Waals surface area contributed by atoms with E-state index in [-0.39, 0.29) is 18.3 Å². The molecule has 1 heterocycles. The third kappa shape index (κ3) is 4.50. The number of halogens is 1. The lowest BCUT2D eigenvalue weighted by molar-refractivity contribution is -0.140. The first kappa shape index (κ1) is 19.5. The highest BCUT2D eigenvalue weighted by atomic mass is 35.5. The Balaban J connectivity index is 0.00000264. The maximum atomic E-state index is 12.6. The van der Waals surface area contributed by atoms with Crippen molar-refractivity contribution in [1.29, 1.82) is 0 Å². The summed E-state index contributed by atoms with van der Waals surface area (Å²) in [6.45, 7) is 4.01. The molecule has 1 fully saturated rings. The van der Waals surface area contributed by atoms with Crippen LogP contribution >= 0.6 is 12.4 Å². The van der Waals surface area contributed by atoms with Crippen LogP contribution in [-0.4, -0.2) is 45.4 Å². The Morgan fingerprint density at radius 3 is 2.52 bits per heavy atom. The van der Waals surface area contributed by atoms with Gasteiger partial charge in [0.25, 0.3) is 5.91 Å². The fourth-order valence-electron chi connectivity index (χ4n) is 2.62. The number of carbonyl (C=O) groups excluding carboxylic acids is 1. The number of nitrogens with one attached hydrogen (secondary N) is 2. The van der Waals surface area contributed by atoms with Gasteiger partial charge in [-0.05, 0) is 45.0 Å². The van der Waals surface area contributed by atoms with Gasteiger partial charge in [0, 0.05) is 18.9 Å². The summed E-state index contributed by atoms with van der Waals surface area (Å²) in [5.41, 5.74) is -0.0999. The Labute approximate surface area is 143 Å². The van der Waals surface area contributed by atoms with Crippen LogP contribution in [-0.2, 0) is 9.53 Å². The number of carbonyl (C=O) groups is 1. The molecule has 0 radical (unpaired) electrons. The van der Waals surface area contributed by atoms with E-state index in [9.17, 15) is 4.79 Å². The number of benzene rings is 1. The van der Waals surface area contributed by atoms with Crippen molar-refractivity contribution in [3.8, 4) is 11.5 Å². The van der Waals surface area contributed by atoms with Gasteiger partial charge in [0.1, 0.15) is 5.60 Å². The summed E-state index contributed by atoms with van der Waals surface area (Å²) < 4.78 is 16.3. The molecule has 1 aliphatic rings. The van der Waals surface area contributed by atoms with Crippen LogP contribution in [0.15, 0.2) is 18.2 Å². The predicted octanol–water partition coefficient (Wildman–Crippen LogP) is 2.22. The summed E-state index contributed by atoms with van der Waals surface area (Å²) in [5, 5.41) is 6.16. The number of hydrogen-bond donors (Lipinski definition) is 2. The lowest BCUT2D eigenvalue weighted by atomic mass is 9.91. The van der Waals surface area contributed by atoms with Gasteiger partial charge in [0.2, 0.25) is 0 Å². The molecule has 1 aromatic rings. The van der Waals surface area contributed by atoms with Gasteiger partial charge in [-0.2, -0.15) is 0 Å². The van der Waals surface area contributed by atoms with E-state index in [2.05, 4.69) is 10.6 Å². The second-order valence-electron chi connectivity index (χ2n) is 5.20. The minimum absolute atomic E-state index is 0. The molecule has 0 bridgehead atoms. The summed E-state index contributed by atoms with van der Waals surface area (Å²) >= 11 is 0. The van der Waals surface area contributed by atoms with Gasteiger partial charge in [-0.1, -0.05) is 0 Å². The maximum Gasteiger partial charge on any atom is 0.256 e. The normalized spacial score (nSPS) is 16.1. The molecule has 130 valence electrons. The monoisotopic (exact) mass is 344 g/mol. The Bertz CT molecular complexity index is 519. The second kappa shape index (κ2) is 8.96. The number of hydrogen-bond acceptors (Lipinski definition) is 5. The van der Waals surface area contributed by atoms with Gasteiger partial charge in [0.15, 0.2) is 11.5 Å². The van der Waals surface area contributed by atoms with Gasteiger partial charge in [0.05, 0.1) is 13.7 Å². The average Bonchev–Trinajstić information content (AvgIpc) is 2.57. The number of piperidine rings is 1. The Morgan fingerprint density at radius 2 is 1.96 bits per heavy atom. The van der Waals surface area contributed by atoms with Crippen molar-refractivity contribution in [1.82, 2.24) is 5.32 Å². The topological polar surface area (TPSA) is 68.8 Å². The van der Waals surface area contributed by atoms with E-state index in [0.717, 1.165) is 13.1 Å². The zero-order chi connectivity index (χ0) is 16.0.